The summed E-state index contributed by atoms with van der Waals surface area (Å²) < 4.78 is 1.54. The van der Waals surface area contributed by atoms with Gasteiger partial charge < -0.3 is 5.11 Å². The van der Waals surface area contributed by atoms with Crippen LogP contribution in [-0.2, 0) is 12.0 Å². The minimum Gasteiger partial charge on any atom is -0.386 e. The number of aliphatic hydroxyl groups is 1. The Morgan fingerprint density at radius 2 is 1.92 bits per heavy atom. The number of nitrogens with zero attached hydrogens (tertiary/aromatic N) is 3. The Kier molecular flexibility index (Phi) is 4.15. The zero-order chi connectivity index (χ0) is 17.5. The van der Waals surface area contributed by atoms with Gasteiger partial charge in [0.05, 0.1) is 23.4 Å². The van der Waals surface area contributed by atoms with E-state index >= 15 is 0 Å². The summed E-state index contributed by atoms with van der Waals surface area (Å²) in [5.74, 6) is -0.0542. The van der Waals surface area contributed by atoms with Crippen LogP contribution in [0.2, 0.25) is 5.15 Å². The molecule has 1 aromatic carbocycles. The summed E-state index contributed by atoms with van der Waals surface area (Å²) in [7, 11) is 0. The summed E-state index contributed by atoms with van der Waals surface area (Å²) in [6.07, 6.45) is 0.155. The summed E-state index contributed by atoms with van der Waals surface area (Å²) >= 11 is 6.20. The maximum Gasteiger partial charge on any atom is 0.168 e. The van der Waals surface area contributed by atoms with E-state index < -0.39 is 5.60 Å². The van der Waals surface area contributed by atoms with E-state index in [1.807, 2.05) is 13.0 Å². The molecule has 2 heterocycles. The molecule has 124 valence electrons. The van der Waals surface area contributed by atoms with Gasteiger partial charge in [-0.1, -0.05) is 35.9 Å². The van der Waals surface area contributed by atoms with E-state index in [9.17, 15) is 9.90 Å². The molecular formula is C18H18ClN3O2. The second-order valence-electron chi connectivity index (χ2n) is 6.36. The van der Waals surface area contributed by atoms with Gasteiger partial charge >= 0.3 is 0 Å². The third-order valence-corrected chi connectivity index (χ3v) is 4.08. The van der Waals surface area contributed by atoms with Gasteiger partial charge in [0.25, 0.3) is 0 Å². The zero-order valence-electron chi connectivity index (χ0n) is 13.7. The summed E-state index contributed by atoms with van der Waals surface area (Å²) in [5, 5.41) is 14.6. The molecule has 5 nitrogen and oxygen atoms in total. The number of benzene rings is 1. The highest BCUT2D eigenvalue weighted by atomic mass is 35.5. The highest BCUT2D eigenvalue weighted by molar-refractivity contribution is 6.29. The van der Waals surface area contributed by atoms with Crippen LogP contribution in [0, 0.1) is 6.92 Å². The maximum absolute atomic E-state index is 12.5. The molecule has 3 rings (SSSR count). The van der Waals surface area contributed by atoms with Gasteiger partial charge in [0, 0.05) is 11.6 Å². The van der Waals surface area contributed by atoms with E-state index in [1.54, 1.807) is 48.7 Å². The molecule has 0 amide bonds. The first-order valence-electron chi connectivity index (χ1n) is 7.62. The Balaban J connectivity index is 1.84. The normalized spacial score (nSPS) is 11.9. The van der Waals surface area contributed by atoms with E-state index in [4.69, 9.17) is 11.6 Å². The lowest BCUT2D eigenvalue weighted by molar-refractivity contribution is 0.0784. The number of ketones is 1. The SMILES string of the molecule is Cc1cc2nc(CC(=O)c3ccc(C(C)(C)O)cc3)cc(Cl)n2n1. The molecule has 0 unspecified atom stereocenters. The smallest absolute Gasteiger partial charge is 0.168 e. The number of hydrogen-bond donors (Lipinski definition) is 1. The molecule has 24 heavy (non-hydrogen) atoms. The third-order valence-electron chi connectivity index (χ3n) is 3.81. The van der Waals surface area contributed by atoms with Crippen molar-refractivity contribution >= 4 is 23.0 Å². The van der Waals surface area contributed by atoms with Gasteiger partial charge in [-0.15, -0.1) is 0 Å². The van der Waals surface area contributed by atoms with E-state index in [1.165, 1.54) is 0 Å². The summed E-state index contributed by atoms with van der Waals surface area (Å²) in [4.78, 5) is 16.9. The summed E-state index contributed by atoms with van der Waals surface area (Å²) in [5.41, 5.74) is 2.45. The van der Waals surface area contributed by atoms with E-state index in [2.05, 4.69) is 10.1 Å². The van der Waals surface area contributed by atoms with Crippen LogP contribution in [0.15, 0.2) is 36.4 Å². The van der Waals surface area contributed by atoms with Crippen molar-refractivity contribution < 1.29 is 9.90 Å². The third kappa shape index (κ3) is 3.32. The van der Waals surface area contributed by atoms with Crippen LogP contribution in [-0.4, -0.2) is 25.5 Å². The van der Waals surface area contributed by atoms with Crippen LogP contribution >= 0.6 is 11.6 Å². The Bertz CT molecular complexity index is 908. The number of rotatable bonds is 4. The Morgan fingerprint density at radius 3 is 2.54 bits per heavy atom. The van der Waals surface area contributed by atoms with Gasteiger partial charge in [-0.3, -0.25) is 4.79 Å². The van der Waals surface area contributed by atoms with Crippen LogP contribution in [0.25, 0.3) is 5.65 Å². The molecule has 3 aromatic rings. The van der Waals surface area contributed by atoms with E-state index in [0.717, 1.165) is 11.3 Å². The lowest BCUT2D eigenvalue weighted by atomic mass is 9.96. The van der Waals surface area contributed by atoms with E-state index in [-0.39, 0.29) is 12.2 Å². The average Bonchev–Trinajstić information content (AvgIpc) is 2.87. The molecule has 0 spiro atoms. The van der Waals surface area contributed by atoms with Crippen LogP contribution in [0.1, 0.15) is 41.2 Å². The van der Waals surface area contributed by atoms with Crippen molar-refractivity contribution in [3.05, 3.63) is 64.1 Å². The molecule has 0 fully saturated rings. The molecule has 0 saturated carbocycles. The number of hydrogen-bond acceptors (Lipinski definition) is 4. The molecule has 6 heteroatoms. The standard InChI is InChI=1S/C18H18ClN3O2/c1-11-8-17-20-14(10-16(19)22(17)21-11)9-15(23)12-4-6-13(7-5-12)18(2,3)24/h4-8,10,24H,9H2,1-3H3. The fraction of sp³-hybridized carbons (Fsp3) is 0.278. The monoisotopic (exact) mass is 343 g/mol. The van der Waals surface area contributed by atoms with Gasteiger partial charge in [-0.05, 0) is 32.4 Å². The lowest BCUT2D eigenvalue weighted by Crippen LogP contribution is -2.15. The Labute approximate surface area is 144 Å². The highest BCUT2D eigenvalue weighted by Crippen LogP contribution is 2.21. The molecule has 2 aromatic heterocycles. The number of carbonyl (C=O) groups is 1. The Morgan fingerprint density at radius 1 is 1.25 bits per heavy atom. The maximum atomic E-state index is 12.5. The molecule has 1 N–H and O–H groups in total. The second kappa shape index (κ2) is 6.00. The molecule has 0 bridgehead atoms. The summed E-state index contributed by atoms with van der Waals surface area (Å²) in [6, 6.07) is 10.4. The van der Waals surface area contributed by atoms with Crippen LogP contribution in [0.4, 0.5) is 0 Å². The fourth-order valence-electron chi connectivity index (χ4n) is 2.52. The Hall–Kier alpha value is -2.24. The predicted molar refractivity (Wildman–Crippen MR) is 92.5 cm³/mol. The second-order valence-corrected chi connectivity index (χ2v) is 6.75. The van der Waals surface area contributed by atoms with Crippen molar-refractivity contribution in [3.8, 4) is 0 Å². The molecule has 0 aliphatic heterocycles. The minimum absolute atomic E-state index is 0.0542. The highest BCUT2D eigenvalue weighted by Gasteiger charge is 2.17. The van der Waals surface area contributed by atoms with Gasteiger partial charge in [-0.25, -0.2) is 9.50 Å². The van der Waals surface area contributed by atoms with Crippen molar-refractivity contribution in [2.24, 2.45) is 0 Å². The molecule has 0 aliphatic rings. The van der Waals surface area contributed by atoms with Crippen LogP contribution < -0.4 is 0 Å². The number of aryl methyl sites for hydroxylation is 1. The van der Waals surface area contributed by atoms with Crippen LogP contribution in [0.3, 0.4) is 0 Å². The first-order valence-corrected chi connectivity index (χ1v) is 8.00. The van der Waals surface area contributed by atoms with Crippen molar-refractivity contribution in [2.45, 2.75) is 32.8 Å². The summed E-state index contributed by atoms with van der Waals surface area (Å²) in [6.45, 7) is 5.27. The van der Waals surface area contributed by atoms with Gasteiger partial charge in [0.15, 0.2) is 11.4 Å². The average molecular weight is 344 g/mol. The number of halogens is 1. The molecular weight excluding hydrogens is 326 g/mol. The quantitative estimate of drug-likeness (QED) is 0.582. The molecule has 0 aliphatic carbocycles. The van der Waals surface area contributed by atoms with Gasteiger partial charge in [0.1, 0.15) is 5.15 Å². The van der Waals surface area contributed by atoms with Gasteiger partial charge in [-0.2, -0.15) is 5.10 Å². The minimum atomic E-state index is -0.929. The predicted octanol–water partition coefficient (Wildman–Crippen LogP) is 3.34. The van der Waals surface area contributed by atoms with Crippen molar-refractivity contribution in [1.29, 1.82) is 0 Å². The van der Waals surface area contributed by atoms with Crippen molar-refractivity contribution in [2.75, 3.05) is 0 Å². The number of fused-ring (bicyclic) bond motifs is 1. The van der Waals surface area contributed by atoms with Crippen molar-refractivity contribution in [1.82, 2.24) is 14.6 Å². The lowest BCUT2D eigenvalue weighted by Gasteiger charge is -2.17. The fourth-order valence-corrected chi connectivity index (χ4v) is 2.77. The number of carbonyl (C=O) groups excluding carboxylic acids is 1. The zero-order valence-corrected chi connectivity index (χ0v) is 14.5. The van der Waals surface area contributed by atoms with E-state index in [0.29, 0.717) is 22.1 Å². The molecule has 0 saturated heterocycles. The topological polar surface area (TPSA) is 67.5 Å². The first-order chi connectivity index (χ1) is 11.2. The van der Waals surface area contributed by atoms with Crippen LogP contribution in [0.5, 0.6) is 0 Å². The first kappa shape index (κ1) is 16.6. The number of aromatic nitrogens is 3. The molecule has 0 radical (unpaired) electrons. The molecule has 0 atom stereocenters. The van der Waals surface area contributed by atoms with Gasteiger partial charge in [0.2, 0.25) is 0 Å². The largest absolute Gasteiger partial charge is 0.386 e. The number of Topliss-reactive ketones (excluding diaryl/α,β-unsaturated/α-hetero) is 1. The van der Waals surface area contributed by atoms with Crippen molar-refractivity contribution in [3.63, 3.8) is 0 Å².